The molecule has 0 aliphatic rings. The number of amides is 1. The Morgan fingerprint density at radius 2 is 1.89 bits per heavy atom. The molecule has 0 radical (unpaired) electrons. The standard InChI is InChI=1S/C16H26N2O/c1-5-16(6-2,10-17)11-18-15(19)14-9-12(3)7-8-13(14)4/h7-9H,5-6,10-11,17H2,1-4H3,(H,18,19). The molecule has 3 heteroatoms. The van der Waals surface area contributed by atoms with Crippen molar-refractivity contribution in [2.75, 3.05) is 13.1 Å². The third kappa shape index (κ3) is 3.80. The molecule has 3 nitrogen and oxygen atoms in total. The van der Waals surface area contributed by atoms with Gasteiger partial charge in [0.05, 0.1) is 0 Å². The van der Waals surface area contributed by atoms with E-state index in [0.29, 0.717) is 13.1 Å². The van der Waals surface area contributed by atoms with Crippen molar-refractivity contribution >= 4 is 5.91 Å². The first-order valence-electron chi connectivity index (χ1n) is 7.03. The fourth-order valence-corrected chi connectivity index (χ4v) is 2.20. The van der Waals surface area contributed by atoms with E-state index in [2.05, 4.69) is 19.2 Å². The van der Waals surface area contributed by atoms with Crippen molar-refractivity contribution < 1.29 is 4.79 Å². The number of benzene rings is 1. The number of nitrogens with two attached hydrogens (primary N) is 1. The first-order valence-corrected chi connectivity index (χ1v) is 7.03. The molecular formula is C16H26N2O. The lowest BCUT2D eigenvalue weighted by atomic mass is 9.82. The number of hydrogen-bond donors (Lipinski definition) is 2. The van der Waals surface area contributed by atoms with Crippen LogP contribution in [0.2, 0.25) is 0 Å². The monoisotopic (exact) mass is 262 g/mol. The molecule has 0 heterocycles. The van der Waals surface area contributed by atoms with Crippen molar-refractivity contribution in [2.24, 2.45) is 11.1 Å². The summed E-state index contributed by atoms with van der Waals surface area (Å²) in [5.41, 5.74) is 8.75. The van der Waals surface area contributed by atoms with Crippen LogP contribution in [0.4, 0.5) is 0 Å². The van der Waals surface area contributed by atoms with Crippen molar-refractivity contribution in [3.63, 3.8) is 0 Å². The summed E-state index contributed by atoms with van der Waals surface area (Å²) >= 11 is 0. The summed E-state index contributed by atoms with van der Waals surface area (Å²) in [7, 11) is 0. The van der Waals surface area contributed by atoms with Crippen LogP contribution in [0.3, 0.4) is 0 Å². The third-order valence-electron chi connectivity index (χ3n) is 4.19. The van der Waals surface area contributed by atoms with Crippen molar-refractivity contribution in [3.05, 3.63) is 34.9 Å². The minimum absolute atomic E-state index is 0.000856. The predicted molar refractivity (Wildman–Crippen MR) is 80.3 cm³/mol. The summed E-state index contributed by atoms with van der Waals surface area (Å²) in [6.07, 6.45) is 1.96. The van der Waals surface area contributed by atoms with Gasteiger partial charge in [-0.15, -0.1) is 0 Å². The second kappa shape index (κ2) is 6.71. The van der Waals surface area contributed by atoms with Crippen LogP contribution in [-0.2, 0) is 0 Å². The number of carbonyl (C=O) groups is 1. The van der Waals surface area contributed by atoms with Gasteiger partial charge >= 0.3 is 0 Å². The molecule has 106 valence electrons. The second-order valence-corrected chi connectivity index (χ2v) is 5.41. The van der Waals surface area contributed by atoms with Crippen LogP contribution in [0.25, 0.3) is 0 Å². The van der Waals surface area contributed by atoms with Crippen LogP contribution in [0.5, 0.6) is 0 Å². The molecule has 0 aliphatic heterocycles. The SMILES string of the molecule is CCC(CC)(CN)CNC(=O)c1cc(C)ccc1C. The summed E-state index contributed by atoms with van der Waals surface area (Å²) in [4.78, 5) is 12.3. The molecule has 0 unspecified atom stereocenters. The van der Waals surface area contributed by atoms with Gasteiger partial charge in [-0.25, -0.2) is 0 Å². The molecule has 1 aromatic rings. The Labute approximate surface area is 116 Å². The zero-order chi connectivity index (χ0) is 14.5. The van der Waals surface area contributed by atoms with E-state index in [-0.39, 0.29) is 11.3 Å². The Morgan fingerprint density at radius 3 is 2.42 bits per heavy atom. The van der Waals surface area contributed by atoms with Gasteiger partial charge in [0.2, 0.25) is 0 Å². The second-order valence-electron chi connectivity index (χ2n) is 5.41. The van der Waals surface area contributed by atoms with Crippen LogP contribution >= 0.6 is 0 Å². The van der Waals surface area contributed by atoms with Crippen LogP contribution in [0.1, 0.15) is 48.2 Å². The molecule has 0 spiro atoms. The summed E-state index contributed by atoms with van der Waals surface area (Å²) in [6, 6.07) is 5.95. The Morgan fingerprint density at radius 1 is 1.26 bits per heavy atom. The highest BCUT2D eigenvalue weighted by molar-refractivity contribution is 5.95. The zero-order valence-corrected chi connectivity index (χ0v) is 12.5. The van der Waals surface area contributed by atoms with Crippen LogP contribution in [-0.4, -0.2) is 19.0 Å². The van der Waals surface area contributed by atoms with E-state index in [0.717, 1.165) is 29.5 Å². The maximum Gasteiger partial charge on any atom is 0.251 e. The van der Waals surface area contributed by atoms with Gasteiger partial charge in [0.15, 0.2) is 0 Å². The van der Waals surface area contributed by atoms with Crippen LogP contribution < -0.4 is 11.1 Å². The Bertz CT molecular complexity index is 428. The molecule has 0 fully saturated rings. The van der Waals surface area contributed by atoms with E-state index in [4.69, 9.17) is 5.73 Å². The molecule has 0 atom stereocenters. The minimum atomic E-state index is 0.000856. The highest BCUT2D eigenvalue weighted by atomic mass is 16.1. The van der Waals surface area contributed by atoms with Crippen LogP contribution in [0.15, 0.2) is 18.2 Å². The van der Waals surface area contributed by atoms with Gasteiger partial charge in [-0.2, -0.15) is 0 Å². The van der Waals surface area contributed by atoms with Crippen molar-refractivity contribution in [1.29, 1.82) is 0 Å². The lowest BCUT2D eigenvalue weighted by Gasteiger charge is -2.30. The van der Waals surface area contributed by atoms with Gasteiger partial charge in [0, 0.05) is 12.1 Å². The molecule has 0 saturated carbocycles. The van der Waals surface area contributed by atoms with Gasteiger partial charge < -0.3 is 11.1 Å². The molecule has 1 aromatic carbocycles. The molecule has 3 N–H and O–H groups in total. The molecule has 0 bridgehead atoms. The van der Waals surface area contributed by atoms with E-state index < -0.39 is 0 Å². The molecule has 0 saturated heterocycles. The van der Waals surface area contributed by atoms with E-state index >= 15 is 0 Å². The smallest absolute Gasteiger partial charge is 0.251 e. The van der Waals surface area contributed by atoms with Gasteiger partial charge in [-0.1, -0.05) is 31.5 Å². The maximum atomic E-state index is 12.3. The van der Waals surface area contributed by atoms with E-state index in [1.807, 2.05) is 32.0 Å². The van der Waals surface area contributed by atoms with Crippen molar-refractivity contribution in [1.82, 2.24) is 5.32 Å². The normalized spacial score (nSPS) is 11.4. The quantitative estimate of drug-likeness (QED) is 0.828. The highest BCUT2D eigenvalue weighted by Crippen LogP contribution is 2.23. The Hall–Kier alpha value is -1.35. The largest absolute Gasteiger partial charge is 0.351 e. The average molecular weight is 262 g/mol. The lowest BCUT2D eigenvalue weighted by Crippen LogP contribution is -2.42. The summed E-state index contributed by atoms with van der Waals surface area (Å²) in [5.74, 6) is 0.000856. The van der Waals surface area contributed by atoms with Gasteiger partial charge in [-0.05, 0) is 50.3 Å². The average Bonchev–Trinajstić information content (AvgIpc) is 2.43. The molecular weight excluding hydrogens is 236 g/mol. The Balaban J connectivity index is 2.77. The molecule has 1 amide bonds. The minimum Gasteiger partial charge on any atom is -0.351 e. The third-order valence-corrected chi connectivity index (χ3v) is 4.19. The van der Waals surface area contributed by atoms with Gasteiger partial charge in [0.25, 0.3) is 5.91 Å². The van der Waals surface area contributed by atoms with Gasteiger partial charge in [-0.3, -0.25) is 4.79 Å². The number of hydrogen-bond acceptors (Lipinski definition) is 2. The topological polar surface area (TPSA) is 55.1 Å². The van der Waals surface area contributed by atoms with Crippen molar-refractivity contribution in [3.8, 4) is 0 Å². The Kier molecular flexibility index (Phi) is 5.55. The summed E-state index contributed by atoms with van der Waals surface area (Å²) in [6.45, 7) is 9.46. The first-order chi connectivity index (χ1) is 8.98. The van der Waals surface area contributed by atoms with Crippen LogP contribution in [0, 0.1) is 19.3 Å². The van der Waals surface area contributed by atoms with E-state index in [9.17, 15) is 4.79 Å². The predicted octanol–water partition coefficient (Wildman–Crippen LogP) is 2.80. The molecule has 19 heavy (non-hydrogen) atoms. The first kappa shape index (κ1) is 15.7. The molecule has 0 aliphatic carbocycles. The zero-order valence-electron chi connectivity index (χ0n) is 12.5. The fraction of sp³-hybridized carbons (Fsp3) is 0.562. The molecule has 1 rings (SSSR count). The lowest BCUT2D eigenvalue weighted by molar-refractivity contribution is 0.0927. The fourth-order valence-electron chi connectivity index (χ4n) is 2.20. The molecule has 0 aromatic heterocycles. The number of aryl methyl sites for hydroxylation is 2. The van der Waals surface area contributed by atoms with Gasteiger partial charge in [0.1, 0.15) is 0 Å². The van der Waals surface area contributed by atoms with Crippen molar-refractivity contribution in [2.45, 2.75) is 40.5 Å². The van der Waals surface area contributed by atoms with E-state index in [1.54, 1.807) is 0 Å². The summed E-state index contributed by atoms with van der Waals surface area (Å²) < 4.78 is 0. The number of carbonyl (C=O) groups excluding carboxylic acids is 1. The highest BCUT2D eigenvalue weighted by Gasteiger charge is 2.25. The number of rotatable bonds is 6. The summed E-state index contributed by atoms with van der Waals surface area (Å²) in [5, 5.41) is 3.04. The van der Waals surface area contributed by atoms with E-state index in [1.165, 1.54) is 0 Å². The maximum absolute atomic E-state index is 12.3. The number of nitrogens with one attached hydrogen (secondary N) is 1.